The molecule has 1 amide bonds. The topological polar surface area (TPSA) is 75.6 Å². The zero-order chi connectivity index (χ0) is 26.1. The molecule has 36 heavy (non-hydrogen) atoms. The molecule has 6 heteroatoms. The summed E-state index contributed by atoms with van der Waals surface area (Å²) < 4.78 is 4.69. The molecule has 1 aliphatic rings. The van der Waals surface area contributed by atoms with Gasteiger partial charge in [0.05, 0.1) is 5.56 Å². The Morgan fingerprint density at radius 1 is 1.14 bits per heavy atom. The number of carboxylic acids is 1. The number of nitrogens with one attached hydrogen (secondary N) is 1. The second-order valence-corrected chi connectivity index (χ2v) is 10.2. The van der Waals surface area contributed by atoms with Crippen LogP contribution < -0.4 is 5.32 Å². The van der Waals surface area contributed by atoms with Gasteiger partial charge in [-0.2, -0.15) is 0 Å². The average Bonchev–Trinajstić information content (AvgIpc) is 3.32. The molecule has 1 heterocycles. The van der Waals surface area contributed by atoms with Gasteiger partial charge < -0.3 is 15.2 Å². The molecule has 192 valence electrons. The predicted molar refractivity (Wildman–Crippen MR) is 148 cm³/mol. The second kappa shape index (κ2) is 13.4. The van der Waals surface area contributed by atoms with Crippen molar-refractivity contribution in [3.05, 3.63) is 87.3 Å². The fourth-order valence-corrected chi connectivity index (χ4v) is 5.58. The number of carbonyl (C=O) groups excluding carboxylic acids is 1. The van der Waals surface area contributed by atoms with E-state index >= 15 is 0 Å². The Morgan fingerprint density at radius 2 is 1.89 bits per heavy atom. The highest BCUT2D eigenvalue weighted by Crippen LogP contribution is 2.40. The molecule has 0 fully saturated rings. The van der Waals surface area contributed by atoms with Gasteiger partial charge in [-0.3, -0.25) is 4.79 Å². The standard InChI is InChI=1S/C26H27NO3S.C4H10O/c1-3-16(2)18-9-6-10-21(13-18)24(28)27-25-23(26(29)30)22(15-31-25)20-12-11-17-7-4-5-8-19(17)14-20;1-3-4-5-2/h4-10,13,15-16,20H,3,11-12,14H2,1-2H3,(H,27,28)(H,29,30);3-4H2,1-2H3. The van der Waals surface area contributed by atoms with Gasteiger partial charge in [0, 0.05) is 19.3 Å². The van der Waals surface area contributed by atoms with Crippen LogP contribution >= 0.6 is 11.3 Å². The lowest BCUT2D eigenvalue weighted by atomic mass is 9.80. The molecule has 2 atom stereocenters. The van der Waals surface area contributed by atoms with E-state index in [2.05, 4.69) is 44.3 Å². The van der Waals surface area contributed by atoms with Crippen LogP contribution in [0.1, 0.15) is 94.8 Å². The van der Waals surface area contributed by atoms with E-state index in [9.17, 15) is 14.7 Å². The molecule has 0 spiro atoms. The van der Waals surface area contributed by atoms with Gasteiger partial charge in [0.2, 0.25) is 0 Å². The van der Waals surface area contributed by atoms with Gasteiger partial charge in [-0.25, -0.2) is 4.79 Å². The minimum atomic E-state index is -0.987. The zero-order valence-electron chi connectivity index (χ0n) is 21.7. The number of rotatable bonds is 8. The van der Waals surface area contributed by atoms with Gasteiger partial charge in [-0.15, -0.1) is 11.3 Å². The number of carboxylic acid groups (broad SMARTS) is 1. The Morgan fingerprint density at radius 3 is 2.53 bits per heavy atom. The first-order valence-electron chi connectivity index (χ1n) is 12.7. The summed E-state index contributed by atoms with van der Waals surface area (Å²) in [7, 11) is 1.71. The molecule has 0 aliphatic heterocycles. The van der Waals surface area contributed by atoms with Crippen LogP contribution in [0.4, 0.5) is 5.00 Å². The Kier molecular flexibility index (Phi) is 10.3. The minimum Gasteiger partial charge on any atom is -0.478 e. The third kappa shape index (κ3) is 6.83. The average molecular weight is 508 g/mol. The number of benzene rings is 2. The highest BCUT2D eigenvalue weighted by molar-refractivity contribution is 7.15. The van der Waals surface area contributed by atoms with Crippen molar-refractivity contribution in [1.29, 1.82) is 0 Å². The van der Waals surface area contributed by atoms with Crippen LogP contribution in [-0.2, 0) is 17.6 Å². The smallest absolute Gasteiger partial charge is 0.339 e. The van der Waals surface area contributed by atoms with E-state index in [4.69, 9.17) is 4.74 Å². The van der Waals surface area contributed by atoms with Crippen molar-refractivity contribution < 1.29 is 19.4 Å². The molecule has 4 rings (SSSR count). The highest BCUT2D eigenvalue weighted by atomic mass is 32.1. The normalized spacial score (nSPS) is 15.3. The highest BCUT2D eigenvalue weighted by Gasteiger charge is 2.28. The Bertz CT molecular complexity index is 1170. The molecule has 0 bridgehead atoms. The number of aromatic carboxylic acids is 1. The summed E-state index contributed by atoms with van der Waals surface area (Å²) in [5.74, 6) is -0.740. The van der Waals surface area contributed by atoms with E-state index in [-0.39, 0.29) is 17.4 Å². The van der Waals surface area contributed by atoms with E-state index in [0.29, 0.717) is 16.5 Å². The molecule has 1 aromatic heterocycles. The number of hydrogen-bond donors (Lipinski definition) is 2. The SMILES string of the molecule is CCC(C)c1cccc(C(=O)Nc2scc(C3CCc4ccccc4C3)c2C(=O)O)c1.CCCOC. The number of thiophene rings is 1. The Balaban J connectivity index is 0.000000658. The first-order valence-corrected chi connectivity index (χ1v) is 13.6. The van der Waals surface area contributed by atoms with Crippen molar-refractivity contribution in [2.24, 2.45) is 0 Å². The molecule has 1 aliphatic carbocycles. The largest absolute Gasteiger partial charge is 0.478 e. The van der Waals surface area contributed by atoms with E-state index in [1.165, 1.54) is 22.5 Å². The summed E-state index contributed by atoms with van der Waals surface area (Å²) >= 11 is 1.30. The number of hydrogen-bond acceptors (Lipinski definition) is 4. The van der Waals surface area contributed by atoms with Crippen LogP contribution in [0.5, 0.6) is 0 Å². The summed E-state index contributed by atoms with van der Waals surface area (Å²) in [6, 6.07) is 15.9. The van der Waals surface area contributed by atoms with Crippen LogP contribution in [0.15, 0.2) is 53.9 Å². The number of amides is 1. The molecule has 2 N–H and O–H groups in total. The van der Waals surface area contributed by atoms with Gasteiger partial charge in [-0.1, -0.05) is 57.2 Å². The van der Waals surface area contributed by atoms with Crippen molar-refractivity contribution in [2.75, 3.05) is 19.0 Å². The van der Waals surface area contributed by atoms with E-state index in [0.717, 1.165) is 49.8 Å². The maximum atomic E-state index is 12.9. The molecule has 0 saturated carbocycles. The Hall–Kier alpha value is -2.96. The summed E-state index contributed by atoms with van der Waals surface area (Å²) in [5.41, 5.74) is 5.36. The molecule has 3 aromatic rings. The van der Waals surface area contributed by atoms with Gasteiger partial charge in [0.1, 0.15) is 5.00 Å². The van der Waals surface area contributed by atoms with Gasteiger partial charge in [-0.05, 0) is 83.7 Å². The first kappa shape index (κ1) is 27.6. The molecule has 0 radical (unpaired) electrons. The number of ether oxygens (including phenoxy) is 1. The summed E-state index contributed by atoms with van der Waals surface area (Å²) in [5, 5.41) is 15.1. The van der Waals surface area contributed by atoms with Crippen LogP contribution in [0.3, 0.4) is 0 Å². The molecule has 5 nitrogen and oxygen atoms in total. The maximum Gasteiger partial charge on any atom is 0.339 e. The van der Waals surface area contributed by atoms with Crippen molar-refractivity contribution >= 4 is 28.2 Å². The number of methoxy groups -OCH3 is 1. The van der Waals surface area contributed by atoms with Crippen LogP contribution in [-0.4, -0.2) is 30.7 Å². The number of carbonyl (C=O) groups is 2. The van der Waals surface area contributed by atoms with E-state index in [1.807, 2.05) is 29.6 Å². The maximum absolute atomic E-state index is 12.9. The fourth-order valence-electron chi connectivity index (χ4n) is 4.55. The van der Waals surface area contributed by atoms with Crippen molar-refractivity contribution in [2.45, 2.75) is 64.7 Å². The van der Waals surface area contributed by atoms with Gasteiger partial charge in [0.25, 0.3) is 5.91 Å². The fraction of sp³-hybridized carbons (Fsp3) is 0.400. The molecular weight excluding hydrogens is 470 g/mol. The molecule has 2 unspecified atom stereocenters. The monoisotopic (exact) mass is 507 g/mol. The second-order valence-electron chi connectivity index (χ2n) is 9.29. The van der Waals surface area contributed by atoms with Crippen LogP contribution in [0, 0.1) is 0 Å². The van der Waals surface area contributed by atoms with Crippen LogP contribution in [0.2, 0.25) is 0 Å². The first-order chi connectivity index (χ1) is 17.4. The van der Waals surface area contributed by atoms with Crippen molar-refractivity contribution in [3.63, 3.8) is 0 Å². The minimum absolute atomic E-state index is 0.150. The van der Waals surface area contributed by atoms with Gasteiger partial charge >= 0.3 is 5.97 Å². The zero-order valence-corrected chi connectivity index (χ0v) is 22.5. The van der Waals surface area contributed by atoms with Crippen LogP contribution in [0.25, 0.3) is 0 Å². The third-order valence-corrected chi connectivity index (χ3v) is 7.70. The lowest BCUT2D eigenvalue weighted by molar-refractivity contribution is 0.0696. The van der Waals surface area contributed by atoms with Gasteiger partial charge in [0.15, 0.2) is 0 Å². The quantitative estimate of drug-likeness (QED) is 0.330. The summed E-state index contributed by atoms with van der Waals surface area (Å²) in [6.07, 6.45) is 4.80. The number of fused-ring (bicyclic) bond motifs is 1. The van der Waals surface area contributed by atoms with E-state index in [1.54, 1.807) is 13.2 Å². The molecule has 0 saturated heterocycles. The number of aryl methyl sites for hydroxylation is 1. The third-order valence-electron chi connectivity index (χ3n) is 6.79. The number of anilines is 1. The predicted octanol–water partition coefficient (Wildman–Crippen LogP) is 7.53. The van der Waals surface area contributed by atoms with Crippen molar-refractivity contribution in [3.8, 4) is 0 Å². The van der Waals surface area contributed by atoms with E-state index < -0.39 is 5.97 Å². The molecular formula is C30H37NO4S. The molecule has 2 aromatic carbocycles. The lowest BCUT2D eigenvalue weighted by Gasteiger charge is -2.24. The summed E-state index contributed by atoms with van der Waals surface area (Å²) in [4.78, 5) is 25.1. The van der Waals surface area contributed by atoms with Crippen molar-refractivity contribution in [1.82, 2.24) is 0 Å². The lowest BCUT2D eigenvalue weighted by Crippen LogP contribution is -2.17. The summed E-state index contributed by atoms with van der Waals surface area (Å²) in [6.45, 7) is 7.23. The Labute approximate surface area is 218 Å².